The Kier molecular flexibility index (Phi) is 7.77. The summed E-state index contributed by atoms with van der Waals surface area (Å²) in [6.45, 7) is 0.534. The highest BCUT2D eigenvalue weighted by atomic mass is 16.5. The summed E-state index contributed by atoms with van der Waals surface area (Å²) in [5.41, 5.74) is 7.33. The second kappa shape index (κ2) is 11.2. The normalized spacial score (nSPS) is 10.6. The summed E-state index contributed by atoms with van der Waals surface area (Å²) in [5.74, 6) is 0.438. The standard InChI is InChI=1S/C24H23N3O4/c25-23(28)14-16-30-22-7-2-1-6-21(22)27-24(29)13-10-18-8-11-20(12-9-18)31-17-19-5-3-4-15-26-19/h1-13,15H,14,16-17H2,(H2,25,28)(H,27,29). The molecule has 2 amide bonds. The Balaban J connectivity index is 1.52. The van der Waals surface area contributed by atoms with Crippen LogP contribution in [0.15, 0.2) is 79.0 Å². The van der Waals surface area contributed by atoms with Crippen LogP contribution in [0, 0.1) is 0 Å². The van der Waals surface area contributed by atoms with Gasteiger partial charge in [0.15, 0.2) is 0 Å². The van der Waals surface area contributed by atoms with Crippen LogP contribution in [-0.2, 0) is 16.2 Å². The summed E-state index contributed by atoms with van der Waals surface area (Å²) in [6.07, 6.45) is 4.96. The third-order valence-corrected chi connectivity index (χ3v) is 4.17. The largest absolute Gasteiger partial charge is 0.491 e. The maximum absolute atomic E-state index is 12.3. The highest BCUT2D eigenvalue weighted by Gasteiger charge is 2.06. The first-order valence-electron chi connectivity index (χ1n) is 9.72. The number of nitrogens with zero attached hydrogens (tertiary/aromatic N) is 1. The first-order valence-corrected chi connectivity index (χ1v) is 9.72. The number of nitrogens with two attached hydrogens (primary N) is 1. The first kappa shape index (κ1) is 21.6. The highest BCUT2D eigenvalue weighted by Crippen LogP contribution is 2.24. The van der Waals surface area contributed by atoms with Crippen LogP contribution in [0.1, 0.15) is 17.7 Å². The lowest BCUT2D eigenvalue weighted by molar-refractivity contribution is -0.118. The summed E-state index contributed by atoms with van der Waals surface area (Å²) in [6, 6.07) is 20.1. The van der Waals surface area contributed by atoms with E-state index in [-0.39, 0.29) is 18.9 Å². The quantitative estimate of drug-likeness (QED) is 0.491. The lowest BCUT2D eigenvalue weighted by atomic mass is 10.2. The third-order valence-electron chi connectivity index (χ3n) is 4.17. The van der Waals surface area contributed by atoms with E-state index >= 15 is 0 Å². The van der Waals surface area contributed by atoms with E-state index in [0.29, 0.717) is 23.8 Å². The first-order chi connectivity index (χ1) is 15.1. The molecule has 0 saturated carbocycles. The van der Waals surface area contributed by atoms with E-state index in [1.807, 2.05) is 42.5 Å². The number of carbonyl (C=O) groups excluding carboxylic acids is 2. The van der Waals surface area contributed by atoms with Crippen LogP contribution in [-0.4, -0.2) is 23.4 Å². The van der Waals surface area contributed by atoms with Crippen LogP contribution in [0.5, 0.6) is 11.5 Å². The summed E-state index contributed by atoms with van der Waals surface area (Å²) in [4.78, 5) is 27.3. The van der Waals surface area contributed by atoms with Gasteiger partial charge < -0.3 is 20.5 Å². The van der Waals surface area contributed by atoms with Crippen LogP contribution in [0.3, 0.4) is 0 Å². The number of carbonyl (C=O) groups is 2. The summed E-state index contributed by atoms with van der Waals surface area (Å²) in [5, 5.41) is 2.77. The molecule has 0 fully saturated rings. The topological polar surface area (TPSA) is 104 Å². The second-order valence-corrected chi connectivity index (χ2v) is 6.56. The van der Waals surface area contributed by atoms with Crippen molar-refractivity contribution < 1.29 is 19.1 Å². The number of amides is 2. The van der Waals surface area contributed by atoms with Gasteiger partial charge in [0, 0.05) is 12.3 Å². The predicted molar refractivity (Wildman–Crippen MR) is 118 cm³/mol. The van der Waals surface area contributed by atoms with Gasteiger partial charge >= 0.3 is 0 Å². The molecule has 7 heteroatoms. The Morgan fingerprint density at radius 2 is 1.74 bits per heavy atom. The second-order valence-electron chi connectivity index (χ2n) is 6.56. The number of hydrogen-bond donors (Lipinski definition) is 2. The number of anilines is 1. The van der Waals surface area contributed by atoms with Crippen LogP contribution in [0.25, 0.3) is 6.08 Å². The van der Waals surface area contributed by atoms with Crippen molar-refractivity contribution in [3.05, 3.63) is 90.3 Å². The highest BCUT2D eigenvalue weighted by molar-refractivity contribution is 6.02. The van der Waals surface area contributed by atoms with Gasteiger partial charge in [-0.1, -0.05) is 30.3 Å². The molecule has 0 unspecified atom stereocenters. The zero-order valence-electron chi connectivity index (χ0n) is 16.9. The molecule has 1 heterocycles. The molecule has 3 aromatic rings. The molecule has 1 aromatic heterocycles. The smallest absolute Gasteiger partial charge is 0.248 e. The molecule has 0 bridgehead atoms. The fraction of sp³-hybridized carbons (Fsp3) is 0.125. The van der Waals surface area contributed by atoms with Crippen LogP contribution < -0.4 is 20.5 Å². The van der Waals surface area contributed by atoms with Crippen molar-refractivity contribution in [3.63, 3.8) is 0 Å². The van der Waals surface area contributed by atoms with Gasteiger partial charge in [0.2, 0.25) is 11.8 Å². The summed E-state index contributed by atoms with van der Waals surface area (Å²) in [7, 11) is 0. The van der Waals surface area contributed by atoms with Crippen LogP contribution in [0.4, 0.5) is 5.69 Å². The molecule has 0 spiro atoms. The number of aromatic nitrogens is 1. The number of hydrogen-bond acceptors (Lipinski definition) is 5. The summed E-state index contributed by atoms with van der Waals surface area (Å²) < 4.78 is 11.2. The number of benzene rings is 2. The number of pyridine rings is 1. The Hall–Kier alpha value is -4.13. The zero-order chi connectivity index (χ0) is 21.9. The van der Waals surface area contributed by atoms with Crippen molar-refractivity contribution in [2.24, 2.45) is 5.73 Å². The van der Waals surface area contributed by atoms with Gasteiger partial charge in [0.1, 0.15) is 18.1 Å². The lowest BCUT2D eigenvalue weighted by Crippen LogP contribution is -2.15. The minimum atomic E-state index is -0.447. The zero-order valence-corrected chi connectivity index (χ0v) is 16.9. The van der Waals surface area contributed by atoms with Crippen molar-refractivity contribution in [3.8, 4) is 11.5 Å². The van der Waals surface area contributed by atoms with Gasteiger partial charge in [-0.05, 0) is 48.0 Å². The molecule has 0 atom stereocenters. The molecule has 0 radical (unpaired) electrons. The number of rotatable bonds is 10. The number of primary amides is 1. The Morgan fingerprint density at radius 3 is 2.48 bits per heavy atom. The monoisotopic (exact) mass is 417 g/mol. The van der Waals surface area contributed by atoms with Gasteiger partial charge in [-0.25, -0.2) is 0 Å². The van der Waals surface area contributed by atoms with E-state index in [1.165, 1.54) is 6.08 Å². The van der Waals surface area contributed by atoms with E-state index in [9.17, 15) is 9.59 Å². The lowest BCUT2D eigenvalue weighted by Gasteiger charge is -2.11. The van der Waals surface area contributed by atoms with Gasteiger partial charge in [0.05, 0.1) is 24.4 Å². The molecule has 7 nitrogen and oxygen atoms in total. The Morgan fingerprint density at radius 1 is 0.968 bits per heavy atom. The van der Waals surface area contributed by atoms with Crippen LogP contribution >= 0.6 is 0 Å². The van der Waals surface area contributed by atoms with E-state index in [2.05, 4.69) is 10.3 Å². The Bertz CT molecular complexity index is 1030. The molecule has 158 valence electrons. The van der Waals surface area contributed by atoms with E-state index < -0.39 is 5.91 Å². The molecule has 0 aliphatic rings. The summed E-state index contributed by atoms with van der Waals surface area (Å²) >= 11 is 0. The molecule has 0 saturated heterocycles. The average Bonchev–Trinajstić information content (AvgIpc) is 2.78. The van der Waals surface area contributed by atoms with Crippen molar-refractivity contribution in [1.82, 2.24) is 4.98 Å². The van der Waals surface area contributed by atoms with Crippen LogP contribution in [0.2, 0.25) is 0 Å². The molecular weight excluding hydrogens is 394 g/mol. The molecule has 3 N–H and O–H groups in total. The van der Waals surface area contributed by atoms with Crippen molar-refractivity contribution >= 4 is 23.6 Å². The minimum absolute atomic E-state index is 0.101. The Labute approximate surface area is 180 Å². The fourth-order valence-corrected chi connectivity index (χ4v) is 2.62. The molecule has 0 aliphatic heterocycles. The van der Waals surface area contributed by atoms with E-state index in [1.54, 1.807) is 36.5 Å². The van der Waals surface area contributed by atoms with E-state index in [4.69, 9.17) is 15.2 Å². The van der Waals surface area contributed by atoms with Gasteiger partial charge in [-0.2, -0.15) is 0 Å². The van der Waals surface area contributed by atoms with Crippen molar-refractivity contribution in [2.45, 2.75) is 13.0 Å². The SMILES string of the molecule is NC(=O)CCOc1ccccc1NC(=O)C=Cc1ccc(OCc2ccccn2)cc1. The number of nitrogens with one attached hydrogen (secondary N) is 1. The maximum atomic E-state index is 12.3. The predicted octanol–water partition coefficient (Wildman–Crippen LogP) is 3.57. The van der Waals surface area contributed by atoms with Gasteiger partial charge in [0.25, 0.3) is 0 Å². The molecule has 2 aromatic carbocycles. The van der Waals surface area contributed by atoms with Gasteiger partial charge in [-0.15, -0.1) is 0 Å². The molecule has 3 rings (SSSR count). The average molecular weight is 417 g/mol. The minimum Gasteiger partial charge on any atom is -0.491 e. The fourth-order valence-electron chi connectivity index (χ4n) is 2.62. The number of ether oxygens (including phenoxy) is 2. The van der Waals surface area contributed by atoms with Crippen molar-refractivity contribution in [1.29, 1.82) is 0 Å². The van der Waals surface area contributed by atoms with E-state index in [0.717, 1.165) is 11.3 Å². The number of para-hydroxylation sites is 2. The molecule has 0 aliphatic carbocycles. The van der Waals surface area contributed by atoms with Gasteiger partial charge in [-0.3, -0.25) is 14.6 Å². The third kappa shape index (κ3) is 7.32. The molecule has 31 heavy (non-hydrogen) atoms. The molecular formula is C24H23N3O4. The van der Waals surface area contributed by atoms with Crippen molar-refractivity contribution in [2.75, 3.05) is 11.9 Å². The maximum Gasteiger partial charge on any atom is 0.248 e.